The first kappa shape index (κ1) is 14.8. The highest BCUT2D eigenvalue weighted by atomic mass is 35.5. The molecule has 0 fully saturated rings. The van der Waals surface area contributed by atoms with E-state index in [1.54, 1.807) is 0 Å². The Hall–Kier alpha value is -1.59. The zero-order valence-electron chi connectivity index (χ0n) is 11.5. The van der Waals surface area contributed by atoms with Gasteiger partial charge in [0.15, 0.2) is 5.11 Å². The van der Waals surface area contributed by atoms with Gasteiger partial charge in [-0.1, -0.05) is 23.7 Å². The Morgan fingerprint density at radius 3 is 2.50 bits per heavy atom. The lowest BCUT2D eigenvalue weighted by Crippen LogP contribution is -2.34. The van der Waals surface area contributed by atoms with Gasteiger partial charge in [0.1, 0.15) is 0 Å². The zero-order valence-corrected chi connectivity index (χ0v) is 13.1. The average molecular weight is 309 g/mol. The molecule has 0 aliphatic heterocycles. The molecule has 0 saturated heterocycles. The zero-order chi connectivity index (χ0) is 14.5. The van der Waals surface area contributed by atoms with Crippen molar-refractivity contribution in [3.63, 3.8) is 0 Å². The summed E-state index contributed by atoms with van der Waals surface area (Å²) < 4.78 is 1.85. The summed E-state index contributed by atoms with van der Waals surface area (Å²) in [5.41, 5.74) is 3.41. The summed E-state index contributed by atoms with van der Waals surface area (Å²) in [5.74, 6) is 0. The van der Waals surface area contributed by atoms with E-state index in [0.717, 1.165) is 21.8 Å². The lowest BCUT2D eigenvalue weighted by atomic mass is 10.2. The molecule has 0 amide bonds. The van der Waals surface area contributed by atoms with Crippen molar-refractivity contribution in [3.8, 4) is 0 Å². The van der Waals surface area contributed by atoms with Crippen molar-refractivity contribution < 1.29 is 0 Å². The fraction of sp³-hybridized carbons (Fsp3) is 0.286. The summed E-state index contributed by atoms with van der Waals surface area (Å²) in [5, 5.41) is 11.9. The van der Waals surface area contributed by atoms with E-state index in [1.165, 1.54) is 0 Å². The molecule has 2 N–H and O–H groups in total. The van der Waals surface area contributed by atoms with Gasteiger partial charge in [0.2, 0.25) is 0 Å². The highest BCUT2D eigenvalue weighted by molar-refractivity contribution is 7.80. The molecule has 0 spiro atoms. The van der Waals surface area contributed by atoms with Crippen LogP contribution in [0.4, 0.5) is 0 Å². The maximum Gasteiger partial charge on any atom is 0.166 e. The van der Waals surface area contributed by atoms with Gasteiger partial charge in [-0.3, -0.25) is 4.68 Å². The molecule has 0 radical (unpaired) electrons. The number of nitrogens with one attached hydrogen (secondary N) is 2. The first-order valence-corrected chi connectivity index (χ1v) is 7.08. The molecule has 0 saturated carbocycles. The Bertz CT molecular complexity index is 592. The summed E-state index contributed by atoms with van der Waals surface area (Å²) in [6.07, 6.45) is 1.85. The maximum atomic E-state index is 5.84. The Balaban J connectivity index is 1.78. The molecule has 6 heteroatoms. The van der Waals surface area contributed by atoms with Crippen LogP contribution in [0.2, 0.25) is 5.02 Å². The average Bonchev–Trinajstić information content (AvgIpc) is 2.76. The van der Waals surface area contributed by atoms with Gasteiger partial charge in [-0.2, -0.15) is 5.10 Å². The van der Waals surface area contributed by atoms with E-state index in [-0.39, 0.29) is 0 Å². The molecular formula is C14H17ClN4S. The standard InChI is InChI=1S/C14H17ClN4S/c1-10-12(9-18-19(10)2)8-17-14(20)16-7-11-3-5-13(15)6-4-11/h3-6,9H,7-8H2,1-2H3,(H2,16,17,20). The smallest absolute Gasteiger partial charge is 0.166 e. The molecule has 106 valence electrons. The van der Waals surface area contributed by atoms with Crippen LogP contribution in [-0.2, 0) is 20.1 Å². The van der Waals surface area contributed by atoms with Crippen molar-refractivity contribution in [2.75, 3.05) is 0 Å². The van der Waals surface area contributed by atoms with Crippen molar-refractivity contribution >= 4 is 28.9 Å². The molecular weight excluding hydrogens is 292 g/mol. The summed E-state index contributed by atoms with van der Waals surface area (Å²) in [4.78, 5) is 0. The second kappa shape index (κ2) is 6.72. The van der Waals surface area contributed by atoms with Crippen LogP contribution < -0.4 is 10.6 Å². The van der Waals surface area contributed by atoms with Gasteiger partial charge < -0.3 is 10.6 Å². The second-order valence-electron chi connectivity index (χ2n) is 4.54. The topological polar surface area (TPSA) is 41.9 Å². The number of halogens is 1. The lowest BCUT2D eigenvalue weighted by Gasteiger charge is -2.10. The molecule has 2 aromatic rings. The minimum absolute atomic E-state index is 0.628. The second-order valence-corrected chi connectivity index (χ2v) is 5.39. The van der Waals surface area contributed by atoms with Gasteiger partial charge in [0.05, 0.1) is 6.20 Å². The molecule has 1 aromatic carbocycles. The van der Waals surface area contributed by atoms with Gasteiger partial charge in [-0.05, 0) is 36.8 Å². The molecule has 20 heavy (non-hydrogen) atoms. The molecule has 1 aromatic heterocycles. The Kier molecular flexibility index (Phi) is 4.98. The van der Waals surface area contributed by atoms with Crippen molar-refractivity contribution in [2.24, 2.45) is 7.05 Å². The van der Waals surface area contributed by atoms with Crippen LogP contribution in [0.5, 0.6) is 0 Å². The number of benzene rings is 1. The van der Waals surface area contributed by atoms with E-state index in [4.69, 9.17) is 23.8 Å². The monoisotopic (exact) mass is 308 g/mol. The number of nitrogens with zero attached hydrogens (tertiary/aromatic N) is 2. The molecule has 0 atom stereocenters. The van der Waals surface area contributed by atoms with Gasteiger partial charge in [-0.15, -0.1) is 0 Å². The quantitative estimate of drug-likeness (QED) is 0.852. The third-order valence-corrected chi connectivity index (χ3v) is 3.68. The minimum Gasteiger partial charge on any atom is -0.359 e. The first-order chi connectivity index (χ1) is 9.56. The molecule has 1 heterocycles. The number of rotatable bonds is 4. The van der Waals surface area contributed by atoms with E-state index in [1.807, 2.05) is 49.1 Å². The van der Waals surface area contributed by atoms with E-state index in [0.29, 0.717) is 18.2 Å². The van der Waals surface area contributed by atoms with Crippen LogP contribution in [0.3, 0.4) is 0 Å². The third-order valence-electron chi connectivity index (χ3n) is 3.14. The number of hydrogen-bond acceptors (Lipinski definition) is 2. The summed E-state index contributed by atoms with van der Waals surface area (Å²) in [6.45, 7) is 3.38. The van der Waals surface area contributed by atoms with Crippen LogP contribution in [0, 0.1) is 6.92 Å². The highest BCUT2D eigenvalue weighted by Crippen LogP contribution is 2.09. The SMILES string of the molecule is Cc1c(CNC(=S)NCc2ccc(Cl)cc2)cnn1C. The maximum absolute atomic E-state index is 5.84. The van der Waals surface area contributed by atoms with E-state index in [2.05, 4.69) is 15.7 Å². The van der Waals surface area contributed by atoms with Gasteiger partial charge in [-0.25, -0.2) is 0 Å². The fourth-order valence-electron chi connectivity index (χ4n) is 1.74. The van der Waals surface area contributed by atoms with E-state index in [9.17, 15) is 0 Å². The predicted molar refractivity (Wildman–Crippen MR) is 85.7 cm³/mol. The third kappa shape index (κ3) is 3.95. The summed E-state index contributed by atoms with van der Waals surface area (Å²) in [7, 11) is 1.93. The molecule has 0 unspecified atom stereocenters. The van der Waals surface area contributed by atoms with Gasteiger partial charge in [0.25, 0.3) is 0 Å². The molecule has 0 aliphatic carbocycles. The lowest BCUT2D eigenvalue weighted by molar-refractivity contribution is 0.735. The fourth-order valence-corrected chi connectivity index (χ4v) is 2.01. The minimum atomic E-state index is 0.628. The van der Waals surface area contributed by atoms with E-state index >= 15 is 0 Å². The van der Waals surface area contributed by atoms with Crippen molar-refractivity contribution in [3.05, 3.63) is 52.3 Å². The van der Waals surface area contributed by atoms with Crippen molar-refractivity contribution in [2.45, 2.75) is 20.0 Å². The predicted octanol–water partition coefficient (Wildman–Crippen LogP) is 2.55. The van der Waals surface area contributed by atoms with Crippen LogP contribution in [0.1, 0.15) is 16.8 Å². The Morgan fingerprint density at radius 2 is 1.90 bits per heavy atom. The Morgan fingerprint density at radius 1 is 1.25 bits per heavy atom. The number of thiocarbonyl (C=S) groups is 1. The molecule has 2 rings (SSSR count). The first-order valence-electron chi connectivity index (χ1n) is 6.30. The van der Waals surface area contributed by atoms with Crippen molar-refractivity contribution in [1.29, 1.82) is 0 Å². The van der Waals surface area contributed by atoms with Crippen LogP contribution >= 0.6 is 23.8 Å². The number of aryl methyl sites for hydroxylation is 1. The van der Waals surface area contributed by atoms with Crippen LogP contribution in [0.15, 0.2) is 30.5 Å². The highest BCUT2D eigenvalue weighted by Gasteiger charge is 2.04. The molecule has 4 nitrogen and oxygen atoms in total. The van der Waals surface area contributed by atoms with Crippen LogP contribution in [0.25, 0.3) is 0 Å². The normalized spacial score (nSPS) is 10.3. The molecule has 0 bridgehead atoms. The van der Waals surface area contributed by atoms with Crippen LogP contribution in [-0.4, -0.2) is 14.9 Å². The van der Waals surface area contributed by atoms with Crippen molar-refractivity contribution in [1.82, 2.24) is 20.4 Å². The van der Waals surface area contributed by atoms with Gasteiger partial charge >= 0.3 is 0 Å². The van der Waals surface area contributed by atoms with E-state index < -0.39 is 0 Å². The number of hydrogen-bond donors (Lipinski definition) is 2. The van der Waals surface area contributed by atoms with Gasteiger partial charge in [0, 0.05) is 36.4 Å². The largest absolute Gasteiger partial charge is 0.359 e. The summed E-state index contributed by atoms with van der Waals surface area (Å²) >= 11 is 11.1. The molecule has 0 aliphatic rings. The summed E-state index contributed by atoms with van der Waals surface area (Å²) in [6, 6.07) is 7.69. The Labute approximate surface area is 129 Å². The number of aromatic nitrogens is 2.